The SMILES string of the molecule is O=C(C1CCS(=O)(=O)C1)N1CCCC2(C1)OCCO2. The van der Waals surface area contributed by atoms with Crippen molar-refractivity contribution in [1.29, 1.82) is 0 Å². The zero-order valence-electron chi connectivity index (χ0n) is 10.8. The number of piperidine rings is 1. The van der Waals surface area contributed by atoms with Crippen LogP contribution in [0.2, 0.25) is 0 Å². The van der Waals surface area contributed by atoms with Crippen LogP contribution in [0.1, 0.15) is 19.3 Å². The van der Waals surface area contributed by atoms with Gasteiger partial charge in [-0.25, -0.2) is 8.42 Å². The topological polar surface area (TPSA) is 72.9 Å². The molecule has 6 nitrogen and oxygen atoms in total. The van der Waals surface area contributed by atoms with Gasteiger partial charge in [-0.2, -0.15) is 0 Å². The molecule has 0 aromatic rings. The fourth-order valence-corrected chi connectivity index (χ4v) is 4.89. The number of likely N-dealkylation sites (tertiary alicyclic amines) is 1. The van der Waals surface area contributed by atoms with Crippen molar-refractivity contribution in [3.05, 3.63) is 0 Å². The Labute approximate surface area is 113 Å². The predicted molar refractivity (Wildman–Crippen MR) is 67.2 cm³/mol. The number of sulfone groups is 1. The first kappa shape index (κ1) is 13.3. The molecule has 19 heavy (non-hydrogen) atoms. The zero-order valence-corrected chi connectivity index (χ0v) is 11.7. The number of hydrogen-bond donors (Lipinski definition) is 0. The number of nitrogens with zero attached hydrogens (tertiary/aromatic N) is 1. The van der Waals surface area contributed by atoms with Crippen molar-refractivity contribution in [2.24, 2.45) is 5.92 Å². The number of amides is 1. The molecule has 3 aliphatic heterocycles. The van der Waals surface area contributed by atoms with Crippen molar-refractivity contribution in [3.8, 4) is 0 Å². The number of rotatable bonds is 1. The summed E-state index contributed by atoms with van der Waals surface area (Å²) in [5.74, 6) is -0.932. The van der Waals surface area contributed by atoms with Gasteiger partial charge < -0.3 is 14.4 Å². The van der Waals surface area contributed by atoms with Crippen LogP contribution < -0.4 is 0 Å². The summed E-state index contributed by atoms with van der Waals surface area (Å²) in [5.41, 5.74) is 0. The van der Waals surface area contributed by atoms with Crippen LogP contribution in [0.25, 0.3) is 0 Å². The van der Waals surface area contributed by atoms with Gasteiger partial charge in [0.2, 0.25) is 5.91 Å². The summed E-state index contributed by atoms with van der Waals surface area (Å²) in [6, 6.07) is 0. The second-order valence-electron chi connectivity index (χ2n) is 5.57. The van der Waals surface area contributed by atoms with Crippen LogP contribution in [0.15, 0.2) is 0 Å². The molecule has 0 aliphatic carbocycles. The third kappa shape index (κ3) is 2.64. The summed E-state index contributed by atoms with van der Waals surface area (Å²) in [4.78, 5) is 14.1. The van der Waals surface area contributed by atoms with Crippen molar-refractivity contribution in [3.63, 3.8) is 0 Å². The van der Waals surface area contributed by atoms with Gasteiger partial charge in [0.25, 0.3) is 0 Å². The van der Waals surface area contributed by atoms with Gasteiger partial charge in [-0.3, -0.25) is 4.79 Å². The number of ether oxygens (including phenoxy) is 2. The summed E-state index contributed by atoms with van der Waals surface area (Å²) in [6.07, 6.45) is 2.09. The van der Waals surface area contributed by atoms with Crippen molar-refractivity contribution < 1.29 is 22.7 Å². The van der Waals surface area contributed by atoms with E-state index in [1.165, 1.54) is 0 Å². The first-order valence-electron chi connectivity index (χ1n) is 6.77. The number of carbonyl (C=O) groups is 1. The van der Waals surface area contributed by atoms with Gasteiger partial charge in [0.05, 0.1) is 37.2 Å². The van der Waals surface area contributed by atoms with Gasteiger partial charge in [-0.05, 0) is 12.8 Å². The average molecular weight is 289 g/mol. The highest BCUT2D eigenvalue weighted by atomic mass is 32.2. The summed E-state index contributed by atoms with van der Waals surface area (Å²) in [7, 11) is -3.02. The fourth-order valence-electron chi connectivity index (χ4n) is 3.16. The highest BCUT2D eigenvalue weighted by Gasteiger charge is 2.44. The molecule has 1 atom stereocenters. The number of hydrogen-bond acceptors (Lipinski definition) is 5. The van der Waals surface area contributed by atoms with E-state index in [-0.39, 0.29) is 23.3 Å². The summed E-state index contributed by atoms with van der Waals surface area (Å²) >= 11 is 0. The van der Waals surface area contributed by atoms with Gasteiger partial charge in [0.15, 0.2) is 15.6 Å². The first-order chi connectivity index (χ1) is 9.00. The molecule has 0 saturated carbocycles. The lowest BCUT2D eigenvalue weighted by Gasteiger charge is -2.39. The van der Waals surface area contributed by atoms with E-state index in [0.29, 0.717) is 32.7 Å². The third-order valence-electron chi connectivity index (χ3n) is 4.12. The van der Waals surface area contributed by atoms with Crippen LogP contribution >= 0.6 is 0 Å². The molecule has 0 bridgehead atoms. The molecule has 0 radical (unpaired) electrons. The standard InChI is InChI=1S/C12H19NO5S/c14-11(10-2-7-19(15,16)8-10)13-4-1-3-12(9-13)17-5-6-18-12/h10H,1-9H2. The largest absolute Gasteiger partial charge is 0.346 e. The van der Waals surface area contributed by atoms with E-state index in [9.17, 15) is 13.2 Å². The van der Waals surface area contributed by atoms with Crippen LogP contribution in [0.3, 0.4) is 0 Å². The normalized spacial score (nSPS) is 32.8. The molecule has 3 saturated heterocycles. The summed E-state index contributed by atoms with van der Waals surface area (Å²) < 4.78 is 34.2. The highest BCUT2D eigenvalue weighted by Crippen LogP contribution is 2.31. The zero-order chi connectivity index (χ0) is 13.5. The van der Waals surface area contributed by atoms with Crippen LogP contribution in [0.5, 0.6) is 0 Å². The smallest absolute Gasteiger partial charge is 0.226 e. The molecule has 1 spiro atoms. The van der Waals surface area contributed by atoms with Gasteiger partial charge >= 0.3 is 0 Å². The Morgan fingerprint density at radius 2 is 2.00 bits per heavy atom. The molecule has 3 heterocycles. The summed E-state index contributed by atoms with van der Waals surface area (Å²) in [5, 5.41) is 0. The van der Waals surface area contributed by atoms with Crippen molar-refractivity contribution >= 4 is 15.7 Å². The van der Waals surface area contributed by atoms with Crippen LogP contribution in [-0.2, 0) is 24.1 Å². The second-order valence-corrected chi connectivity index (χ2v) is 7.80. The average Bonchev–Trinajstić information content (AvgIpc) is 2.96. The molecular formula is C12H19NO5S. The lowest BCUT2D eigenvalue weighted by molar-refractivity contribution is -0.194. The lowest BCUT2D eigenvalue weighted by Crippen LogP contribution is -2.52. The second kappa shape index (κ2) is 4.71. The van der Waals surface area contributed by atoms with Gasteiger partial charge in [-0.15, -0.1) is 0 Å². The minimum Gasteiger partial charge on any atom is -0.346 e. The van der Waals surface area contributed by atoms with Crippen molar-refractivity contribution in [2.75, 3.05) is 37.8 Å². The maximum Gasteiger partial charge on any atom is 0.226 e. The van der Waals surface area contributed by atoms with E-state index in [2.05, 4.69) is 0 Å². The molecular weight excluding hydrogens is 270 g/mol. The number of carbonyl (C=O) groups excluding carboxylic acids is 1. The Bertz CT molecular complexity index is 469. The van der Waals surface area contributed by atoms with E-state index in [1.54, 1.807) is 4.90 Å². The molecule has 3 aliphatic rings. The molecule has 7 heteroatoms. The molecule has 1 amide bonds. The maximum absolute atomic E-state index is 12.4. The van der Waals surface area contributed by atoms with E-state index < -0.39 is 15.6 Å². The maximum atomic E-state index is 12.4. The molecule has 3 rings (SSSR count). The van der Waals surface area contributed by atoms with Crippen molar-refractivity contribution in [2.45, 2.75) is 25.0 Å². The highest BCUT2D eigenvalue weighted by molar-refractivity contribution is 7.91. The third-order valence-corrected chi connectivity index (χ3v) is 5.89. The quantitative estimate of drug-likeness (QED) is 0.667. The Kier molecular flexibility index (Phi) is 3.31. The van der Waals surface area contributed by atoms with Crippen LogP contribution in [0.4, 0.5) is 0 Å². The van der Waals surface area contributed by atoms with Crippen molar-refractivity contribution in [1.82, 2.24) is 4.90 Å². The Hall–Kier alpha value is -0.660. The van der Waals surface area contributed by atoms with E-state index in [1.807, 2.05) is 0 Å². The van der Waals surface area contributed by atoms with Gasteiger partial charge in [0.1, 0.15) is 0 Å². The van der Waals surface area contributed by atoms with E-state index >= 15 is 0 Å². The van der Waals surface area contributed by atoms with E-state index in [4.69, 9.17) is 9.47 Å². The molecule has 108 valence electrons. The predicted octanol–water partition coefficient (Wildman–Crippen LogP) is -0.213. The molecule has 0 aromatic heterocycles. The van der Waals surface area contributed by atoms with Crippen LogP contribution in [0, 0.1) is 5.92 Å². The molecule has 1 unspecified atom stereocenters. The Balaban J connectivity index is 1.67. The molecule has 0 aromatic carbocycles. The monoisotopic (exact) mass is 289 g/mol. The summed E-state index contributed by atoms with van der Waals surface area (Å²) in [6.45, 7) is 2.24. The first-order valence-corrected chi connectivity index (χ1v) is 8.59. The molecule has 0 N–H and O–H groups in total. The Morgan fingerprint density at radius 1 is 1.26 bits per heavy atom. The minimum absolute atomic E-state index is 0.00293. The van der Waals surface area contributed by atoms with Crippen LogP contribution in [-0.4, -0.2) is 62.8 Å². The Morgan fingerprint density at radius 3 is 2.63 bits per heavy atom. The fraction of sp³-hybridized carbons (Fsp3) is 0.917. The molecule has 3 fully saturated rings. The van der Waals surface area contributed by atoms with Gasteiger partial charge in [-0.1, -0.05) is 0 Å². The lowest BCUT2D eigenvalue weighted by atomic mass is 10.0. The van der Waals surface area contributed by atoms with E-state index in [0.717, 1.165) is 12.8 Å². The minimum atomic E-state index is -3.02. The van der Waals surface area contributed by atoms with Gasteiger partial charge in [0, 0.05) is 13.0 Å².